The second-order valence-electron chi connectivity index (χ2n) is 6.74. The first kappa shape index (κ1) is 20.4. The molecule has 3 N–H and O–H groups in total. The van der Waals surface area contributed by atoms with Gasteiger partial charge in [-0.15, -0.1) is 0 Å². The fraction of sp³-hybridized carbons (Fsp3) is 0.200. The molecule has 1 saturated heterocycles. The lowest BCUT2D eigenvalue weighted by Gasteiger charge is -2.27. The molecule has 30 heavy (non-hydrogen) atoms. The van der Waals surface area contributed by atoms with Crippen molar-refractivity contribution in [3.05, 3.63) is 65.8 Å². The van der Waals surface area contributed by atoms with Gasteiger partial charge in [-0.2, -0.15) is 4.98 Å². The van der Waals surface area contributed by atoms with Gasteiger partial charge in [-0.3, -0.25) is 4.72 Å². The Balaban J connectivity index is 1.43. The van der Waals surface area contributed by atoms with Crippen LogP contribution in [0.1, 0.15) is 0 Å². The summed E-state index contributed by atoms with van der Waals surface area (Å²) in [5.41, 5.74) is 1.24. The number of nitrogens with one attached hydrogen (secondary N) is 3. The number of nitrogens with zero attached hydrogens (tertiary/aromatic N) is 3. The summed E-state index contributed by atoms with van der Waals surface area (Å²) in [5, 5.41) is 7.01. The van der Waals surface area contributed by atoms with Crippen LogP contribution in [-0.2, 0) is 10.0 Å². The third-order valence-corrected chi connectivity index (χ3v) is 6.23. The number of rotatable bonds is 6. The van der Waals surface area contributed by atoms with Gasteiger partial charge in [0.25, 0.3) is 10.0 Å². The maximum atomic E-state index is 12.5. The lowest BCUT2D eigenvalue weighted by atomic mass is 10.3. The van der Waals surface area contributed by atoms with E-state index in [0.717, 1.165) is 31.9 Å². The molecule has 1 aliphatic heterocycles. The van der Waals surface area contributed by atoms with Gasteiger partial charge in [0, 0.05) is 48.8 Å². The van der Waals surface area contributed by atoms with E-state index in [1.54, 1.807) is 48.7 Å². The molecule has 0 unspecified atom stereocenters. The Morgan fingerprint density at radius 2 is 1.60 bits per heavy atom. The Hall–Kier alpha value is -2.88. The third-order valence-electron chi connectivity index (χ3n) is 4.58. The smallest absolute Gasteiger partial charge is 0.261 e. The number of sulfonamides is 1. The Morgan fingerprint density at radius 1 is 0.933 bits per heavy atom. The maximum Gasteiger partial charge on any atom is 0.261 e. The molecule has 0 radical (unpaired) electrons. The van der Waals surface area contributed by atoms with Crippen molar-refractivity contribution in [2.45, 2.75) is 4.90 Å². The van der Waals surface area contributed by atoms with Crippen molar-refractivity contribution in [1.29, 1.82) is 0 Å². The topological polar surface area (TPSA) is 99.2 Å². The van der Waals surface area contributed by atoms with Crippen molar-refractivity contribution in [3.8, 4) is 0 Å². The monoisotopic (exact) mass is 444 g/mol. The molecule has 0 amide bonds. The molecule has 10 heteroatoms. The van der Waals surface area contributed by atoms with Gasteiger partial charge in [-0.05, 0) is 54.6 Å². The molecule has 1 aromatic heterocycles. The van der Waals surface area contributed by atoms with Crippen LogP contribution in [0.5, 0.6) is 0 Å². The van der Waals surface area contributed by atoms with Crippen molar-refractivity contribution < 1.29 is 8.42 Å². The number of hydrogen-bond acceptors (Lipinski definition) is 7. The molecule has 1 fully saturated rings. The van der Waals surface area contributed by atoms with Crippen molar-refractivity contribution in [2.24, 2.45) is 0 Å². The predicted molar refractivity (Wildman–Crippen MR) is 119 cm³/mol. The van der Waals surface area contributed by atoms with Crippen molar-refractivity contribution in [2.75, 3.05) is 41.1 Å². The highest BCUT2D eigenvalue weighted by Crippen LogP contribution is 2.22. The third kappa shape index (κ3) is 4.99. The normalized spacial score (nSPS) is 14.4. The zero-order valence-corrected chi connectivity index (χ0v) is 17.6. The molecule has 0 aliphatic carbocycles. The van der Waals surface area contributed by atoms with Crippen LogP contribution in [0.2, 0.25) is 5.02 Å². The summed E-state index contributed by atoms with van der Waals surface area (Å²) >= 11 is 5.82. The maximum absolute atomic E-state index is 12.5. The minimum atomic E-state index is -3.68. The average molecular weight is 445 g/mol. The fourth-order valence-corrected chi connectivity index (χ4v) is 4.22. The van der Waals surface area contributed by atoms with Crippen molar-refractivity contribution in [3.63, 3.8) is 0 Å². The molecule has 2 heterocycles. The van der Waals surface area contributed by atoms with Crippen LogP contribution in [0.25, 0.3) is 0 Å². The molecule has 2 aromatic carbocycles. The summed E-state index contributed by atoms with van der Waals surface area (Å²) in [5.74, 6) is 1.36. The molecule has 8 nitrogen and oxygen atoms in total. The molecule has 156 valence electrons. The first-order valence-corrected chi connectivity index (χ1v) is 11.3. The van der Waals surface area contributed by atoms with Crippen molar-refractivity contribution >= 4 is 44.8 Å². The van der Waals surface area contributed by atoms with Gasteiger partial charge in [0.1, 0.15) is 5.82 Å². The Kier molecular flexibility index (Phi) is 6.03. The number of anilines is 4. The Labute approximate surface area is 180 Å². The Morgan fingerprint density at radius 3 is 2.30 bits per heavy atom. The number of halogens is 1. The molecular weight excluding hydrogens is 424 g/mol. The van der Waals surface area contributed by atoms with E-state index in [1.165, 1.54) is 12.1 Å². The second kappa shape index (κ2) is 8.86. The zero-order chi connectivity index (χ0) is 21.0. The molecule has 0 spiro atoms. The highest BCUT2D eigenvalue weighted by Gasteiger charge is 2.15. The summed E-state index contributed by atoms with van der Waals surface area (Å²) < 4.78 is 27.5. The number of piperazine rings is 1. The standard InChI is InChI=1S/C20H21ClN6O2S/c21-15-1-7-18(8-2-15)30(28,29)26-17-5-3-16(4-6-17)24-19-9-10-23-20(25-19)27-13-11-22-12-14-27/h1-10,22,26H,11-14H2,(H,23,24,25). The highest BCUT2D eigenvalue weighted by molar-refractivity contribution is 7.92. The van der Waals surface area contributed by atoms with Crippen LogP contribution in [0.3, 0.4) is 0 Å². The summed E-state index contributed by atoms with van der Waals surface area (Å²) in [6.45, 7) is 3.56. The number of aromatic nitrogens is 2. The van der Waals surface area contributed by atoms with E-state index in [1.807, 2.05) is 0 Å². The van der Waals surface area contributed by atoms with Crippen LogP contribution in [0.15, 0.2) is 65.7 Å². The van der Waals surface area contributed by atoms with E-state index in [2.05, 4.69) is 30.2 Å². The van der Waals surface area contributed by atoms with Gasteiger partial charge >= 0.3 is 0 Å². The molecule has 1 aliphatic rings. The van der Waals surface area contributed by atoms with E-state index in [4.69, 9.17) is 11.6 Å². The van der Waals surface area contributed by atoms with Gasteiger partial charge in [-0.1, -0.05) is 11.6 Å². The average Bonchev–Trinajstić information content (AvgIpc) is 2.76. The predicted octanol–water partition coefficient (Wildman–Crippen LogP) is 3.08. The largest absolute Gasteiger partial charge is 0.340 e. The van der Waals surface area contributed by atoms with Gasteiger partial charge in [0.05, 0.1) is 4.90 Å². The molecule has 0 bridgehead atoms. The summed E-state index contributed by atoms with van der Waals surface area (Å²) in [6, 6.07) is 14.8. The Bertz CT molecular complexity index is 1100. The van der Waals surface area contributed by atoms with Crippen LogP contribution < -0.4 is 20.3 Å². The highest BCUT2D eigenvalue weighted by atomic mass is 35.5. The van der Waals surface area contributed by atoms with Gasteiger partial charge in [-0.25, -0.2) is 13.4 Å². The molecule has 4 rings (SSSR count). The minimum Gasteiger partial charge on any atom is -0.340 e. The number of benzene rings is 2. The fourth-order valence-electron chi connectivity index (χ4n) is 3.03. The van der Waals surface area contributed by atoms with Gasteiger partial charge < -0.3 is 15.5 Å². The molecule has 3 aromatic rings. The lowest BCUT2D eigenvalue weighted by molar-refractivity contribution is 0.580. The van der Waals surface area contributed by atoms with Crippen molar-refractivity contribution in [1.82, 2.24) is 15.3 Å². The number of hydrogen-bond donors (Lipinski definition) is 3. The summed E-state index contributed by atoms with van der Waals surface area (Å²) in [4.78, 5) is 11.2. The first-order chi connectivity index (χ1) is 14.5. The lowest BCUT2D eigenvalue weighted by Crippen LogP contribution is -2.44. The molecule has 0 saturated carbocycles. The summed E-state index contributed by atoms with van der Waals surface area (Å²) in [7, 11) is -3.68. The zero-order valence-electron chi connectivity index (χ0n) is 16.0. The van der Waals surface area contributed by atoms with Crippen LogP contribution in [0.4, 0.5) is 23.1 Å². The van der Waals surface area contributed by atoms with Gasteiger partial charge in [0.2, 0.25) is 5.95 Å². The van der Waals surface area contributed by atoms with E-state index in [0.29, 0.717) is 22.5 Å². The SMILES string of the molecule is O=S(=O)(Nc1ccc(Nc2ccnc(N3CCNCC3)n2)cc1)c1ccc(Cl)cc1. The van der Waals surface area contributed by atoms with Gasteiger partial charge in [0.15, 0.2) is 0 Å². The van der Waals surface area contributed by atoms with Crippen LogP contribution >= 0.6 is 11.6 Å². The van der Waals surface area contributed by atoms with E-state index in [-0.39, 0.29) is 4.90 Å². The second-order valence-corrected chi connectivity index (χ2v) is 8.86. The quantitative estimate of drug-likeness (QED) is 0.537. The first-order valence-electron chi connectivity index (χ1n) is 9.44. The molecular formula is C20H21ClN6O2S. The minimum absolute atomic E-state index is 0.149. The summed E-state index contributed by atoms with van der Waals surface area (Å²) in [6.07, 6.45) is 1.72. The van der Waals surface area contributed by atoms with Crippen LogP contribution in [0, 0.1) is 0 Å². The van der Waals surface area contributed by atoms with E-state index < -0.39 is 10.0 Å². The molecule has 0 atom stereocenters. The van der Waals surface area contributed by atoms with E-state index in [9.17, 15) is 8.42 Å². The van der Waals surface area contributed by atoms with Crippen LogP contribution in [-0.4, -0.2) is 44.6 Å². The van der Waals surface area contributed by atoms with E-state index >= 15 is 0 Å².